The number of aliphatic imine (C=N–C) groups is 2. The largest absolute Gasteiger partial charge is 0.477 e. The Balaban J connectivity index is 2.34. The van der Waals surface area contributed by atoms with Crippen LogP contribution >= 0.6 is 11.6 Å². The van der Waals surface area contributed by atoms with Crippen LogP contribution in [-0.4, -0.2) is 28.0 Å². The Morgan fingerprint density at radius 1 is 1.30 bits per heavy atom. The van der Waals surface area contributed by atoms with Gasteiger partial charge in [-0.2, -0.15) is 0 Å². The average Bonchev–Trinajstić information content (AvgIpc) is 3.04. The number of anilines is 1. The number of hydrogen-bond acceptors (Lipinski definition) is 4. The predicted molar refractivity (Wildman–Crippen MR) is 113 cm³/mol. The first-order valence-corrected chi connectivity index (χ1v) is 8.65. The van der Waals surface area contributed by atoms with Crippen molar-refractivity contribution in [1.29, 1.82) is 0 Å². The molecule has 1 aromatic carbocycles. The summed E-state index contributed by atoms with van der Waals surface area (Å²) in [6.07, 6.45) is 7.28. The number of rotatable bonds is 7. The van der Waals surface area contributed by atoms with Gasteiger partial charge in [0, 0.05) is 17.3 Å². The maximum absolute atomic E-state index is 11.1. The van der Waals surface area contributed by atoms with Gasteiger partial charge in [0.1, 0.15) is 11.5 Å². The van der Waals surface area contributed by atoms with Crippen LogP contribution in [-0.2, 0) is 0 Å². The van der Waals surface area contributed by atoms with Gasteiger partial charge in [0.15, 0.2) is 0 Å². The molecule has 1 heterocycles. The summed E-state index contributed by atoms with van der Waals surface area (Å²) in [5.74, 6) is -0.643. The molecule has 2 aromatic rings. The van der Waals surface area contributed by atoms with Crippen molar-refractivity contribution in [1.82, 2.24) is 4.98 Å². The fraction of sp³-hybridized carbons (Fsp3) is 0.150. The van der Waals surface area contributed by atoms with Gasteiger partial charge in [-0.3, -0.25) is 4.99 Å². The molecule has 2 rings (SSSR count). The number of nitrogens with zero attached hydrogens (tertiary/aromatic N) is 2. The first-order valence-electron chi connectivity index (χ1n) is 8.27. The normalized spacial score (nSPS) is 13.0. The summed E-state index contributed by atoms with van der Waals surface area (Å²) in [4.78, 5) is 22.7. The number of fused-ring (bicyclic) bond motifs is 1. The van der Waals surface area contributed by atoms with Crippen LogP contribution in [0.2, 0.25) is 5.02 Å². The number of hydrogen-bond donors (Lipinski definition) is 3. The number of benzene rings is 1. The molecule has 0 aliphatic carbocycles. The number of halogens is 1. The molecule has 3 N–H and O–H groups in total. The van der Waals surface area contributed by atoms with E-state index in [0.717, 1.165) is 5.70 Å². The van der Waals surface area contributed by atoms with E-state index in [2.05, 4.69) is 26.9 Å². The highest BCUT2D eigenvalue weighted by Crippen LogP contribution is 2.29. The quantitative estimate of drug-likeness (QED) is 0.557. The monoisotopic (exact) mass is 384 g/mol. The molecular formula is C20H21ClN4O2. The summed E-state index contributed by atoms with van der Waals surface area (Å²) >= 11 is 6.26. The first kappa shape index (κ1) is 20.2. The van der Waals surface area contributed by atoms with E-state index in [-0.39, 0.29) is 5.69 Å². The second-order valence-electron chi connectivity index (χ2n) is 5.54. The summed E-state index contributed by atoms with van der Waals surface area (Å²) in [6, 6.07) is 4.99. The zero-order valence-corrected chi connectivity index (χ0v) is 16.1. The predicted octanol–water partition coefficient (Wildman–Crippen LogP) is 5.41. The minimum atomic E-state index is -1.04. The smallest absolute Gasteiger partial charge is 0.352 e. The maximum atomic E-state index is 11.1. The van der Waals surface area contributed by atoms with Gasteiger partial charge in [-0.1, -0.05) is 30.3 Å². The number of carboxylic acids is 1. The SMILES string of the molecule is C=C(/N=C(\C=C/C)C(=C/C)/N=CC)Nc1cc(Cl)c2[nH]c(C(=O)O)cc2c1. The number of aromatic amines is 1. The van der Waals surface area contributed by atoms with E-state index >= 15 is 0 Å². The van der Waals surface area contributed by atoms with Crippen molar-refractivity contribution in [2.75, 3.05) is 5.32 Å². The Labute approximate surface area is 162 Å². The number of carbonyl (C=O) groups is 1. The van der Waals surface area contributed by atoms with E-state index in [9.17, 15) is 4.79 Å². The lowest BCUT2D eigenvalue weighted by atomic mass is 10.2. The lowest BCUT2D eigenvalue weighted by Crippen LogP contribution is -2.03. The van der Waals surface area contributed by atoms with Gasteiger partial charge < -0.3 is 15.4 Å². The Bertz CT molecular complexity index is 997. The van der Waals surface area contributed by atoms with E-state index in [1.54, 1.807) is 18.3 Å². The maximum Gasteiger partial charge on any atom is 0.352 e. The van der Waals surface area contributed by atoms with Crippen molar-refractivity contribution in [3.63, 3.8) is 0 Å². The van der Waals surface area contributed by atoms with Gasteiger partial charge >= 0.3 is 5.97 Å². The molecule has 27 heavy (non-hydrogen) atoms. The topological polar surface area (TPSA) is 89.8 Å². The molecule has 0 saturated heterocycles. The molecule has 7 heteroatoms. The fourth-order valence-corrected chi connectivity index (χ4v) is 2.77. The van der Waals surface area contributed by atoms with Crippen molar-refractivity contribution in [2.45, 2.75) is 20.8 Å². The van der Waals surface area contributed by atoms with E-state index in [0.29, 0.717) is 33.1 Å². The molecule has 0 bridgehead atoms. The molecule has 0 unspecified atom stereocenters. The molecule has 0 radical (unpaired) electrons. The Hall–Kier alpha value is -3.12. The van der Waals surface area contributed by atoms with E-state index < -0.39 is 5.97 Å². The summed E-state index contributed by atoms with van der Waals surface area (Å²) in [6.45, 7) is 9.56. The van der Waals surface area contributed by atoms with Gasteiger partial charge in [-0.05, 0) is 45.0 Å². The van der Waals surface area contributed by atoms with E-state index in [1.807, 2.05) is 39.0 Å². The molecule has 0 amide bonds. The molecule has 0 spiro atoms. The third kappa shape index (κ3) is 4.95. The standard InChI is InChI=1S/C20H21ClN4O2/c1-5-8-17(16(6-2)22-7-3)24-12(4)23-14-9-13-10-18(20(26)27)25-19(13)15(21)11-14/h5-11,23,25H,4H2,1-3H3,(H,26,27)/b8-5-,16-6-,22-7?,24-17+. The molecule has 0 aliphatic heterocycles. The number of nitrogens with one attached hydrogen (secondary N) is 2. The molecule has 0 fully saturated rings. The summed E-state index contributed by atoms with van der Waals surface area (Å²) in [5.41, 5.74) is 2.68. The van der Waals surface area contributed by atoms with Crippen LogP contribution in [0.15, 0.2) is 64.5 Å². The second kappa shape index (κ2) is 9.00. The molecule has 0 saturated carbocycles. The highest BCUT2D eigenvalue weighted by atomic mass is 35.5. The molecule has 6 nitrogen and oxygen atoms in total. The fourth-order valence-electron chi connectivity index (χ4n) is 2.49. The van der Waals surface area contributed by atoms with Gasteiger partial charge in [0.05, 0.1) is 21.9 Å². The van der Waals surface area contributed by atoms with Crippen molar-refractivity contribution in [2.24, 2.45) is 9.98 Å². The van der Waals surface area contributed by atoms with Crippen LogP contribution in [0.1, 0.15) is 31.3 Å². The van der Waals surface area contributed by atoms with Crippen molar-refractivity contribution in [3.05, 3.63) is 65.2 Å². The van der Waals surface area contributed by atoms with Crippen LogP contribution in [0.25, 0.3) is 10.9 Å². The zero-order valence-electron chi connectivity index (χ0n) is 15.4. The Morgan fingerprint density at radius 3 is 2.63 bits per heavy atom. The van der Waals surface area contributed by atoms with Gasteiger partial charge in [-0.25, -0.2) is 9.79 Å². The van der Waals surface area contributed by atoms with Crippen LogP contribution < -0.4 is 5.32 Å². The highest BCUT2D eigenvalue weighted by molar-refractivity contribution is 6.35. The summed E-state index contributed by atoms with van der Waals surface area (Å²) in [7, 11) is 0. The Morgan fingerprint density at radius 2 is 2.04 bits per heavy atom. The average molecular weight is 385 g/mol. The molecule has 0 atom stereocenters. The Kier molecular flexibility index (Phi) is 6.73. The van der Waals surface area contributed by atoms with Crippen molar-refractivity contribution < 1.29 is 9.90 Å². The number of allylic oxidation sites excluding steroid dienone is 3. The van der Waals surface area contributed by atoms with Crippen LogP contribution in [0.4, 0.5) is 5.69 Å². The molecule has 0 aliphatic rings. The van der Waals surface area contributed by atoms with Crippen molar-refractivity contribution >= 4 is 46.1 Å². The number of aromatic carboxylic acids is 1. The number of carboxylic acid groups (broad SMARTS) is 1. The minimum absolute atomic E-state index is 0.0754. The molecular weight excluding hydrogens is 364 g/mol. The molecule has 140 valence electrons. The summed E-state index contributed by atoms with van der Waals surface area (Å²) < 4.78 is 0. The van der Waals surface area contributed by atoms with Crippen LogP contribution in [0.5, 0.6) is 0 Å². The highest BCUT2D eigenvalue weighted by Gasteiger charge is 2.11. The second-order valence-corrected chi connectivity index (χ2v) is 5.95. The lowest BCUT2D eigenvalue weighted by Gasteiger charge is -2.09. The molecule has 1 aromatic heterocycles. The van der Waals surface area contributed by atoms with Gasteiger partial charge in [0.25, 0.3) is 0 Å². The van der Waals surface area contributed by atoms with Gasteiger partial charge in [-0.15, -0.1) is 0 Å². The first-order chi connectivity index (χ1) is 12.9. The van der Waals surface area contributed by atoms with Gasteiger partial charge in [0.2, 0.25) is 0 Å². The van der Waals surface area contributed by atoms with E-state index in [1.165, 1.54) is 6.07 Å². The summed E-state index contributed by atoms with van der Waals surface area (Å²) in [5, 5.41) is 13.3. The number of H-pyrrole nitrogens is 1. The van der Waals surface area contributed by atoms with E-state index in [4.69, 9.17) is 16.7 Å². The minimum Gasteiger partial charge on any atom is -0.477 e. The lowest BCUT2D eigenvalue weighted by molar-refractivity contribution is 0.0691. The third-order valence-corrected chi connectivity index (χ3v) is 3.88. The zero-order chi connectivity index (χ0) is 20.0. The van der Waals surface area contributed by atoms with Crippen molar-refractivity contribution in [3.8, 4) is 0 Å². The number of aromatic nitrogens is 1. The van der Waals surface area contributed by atoms with Crippen LogP contribution in [0.3, 0.4) is 0 Å². The third-order valence-electron chi connectivity index (χ3n) is 3.58. The van der Waals surface area contributed by atoms with Crippen LogP contribution in [0, 0.1) is 0 Å².